The zero-order valence-corrected chi connectivity index (χ0v) is 10.5. The molecule has 1 amide bonds. The molecule has 8 nitrogen and oxygen atoms in total. The molecule has 0 atom stereocenters. The number of nitrogen functional groups attached to an aromatic ring is 1. The number of nitro groups is 1. The first-order valence-electron chi connectivity index (χ1n) is 5.69. The van der Waals surface area contributed by atoms with Gasteiger partial charge in [-0.15, -0.1) is 0 Å². The van der Waals surface area contributed by atoms with E-state index in [-0.39, 0.29) is 17.1 Å². The van der Waals surface area contributed by atoms with Crippen LogP contribution in [0.15, 0.2) is 36.5 Å². The highest BCUT2D eigenvalue weighted by Gasteiger charge is 2.15. The number of hydrogen-bond acceptors (Lipinski definition) is 6. The second-order valence-corrected chi connectivity index (χ2v) is 3.95. The van der Waals surface area contributed by atoms with E-state index in [1.165, 1.54) is 18.3 Å². The lowest BCUT2D eigenvalue weighted by Crippen LogP contribution is -2.16. The van der Waals surface area contributed by atoms with Gasteiger partial charge in [-0.25, -0.2) is 4.39 Å². The Bertz CT molecular complexity index is 707. The summed E-state index contributed by atoms with van der Waals surface area (Å²) >= 11 is 0. The molecule has 9 heteroatoms. The van der Waals surface area contributed by atoms with E-state index in [1.807, 2.05) is 0 Å². The van der Waals surface area contributed by atoms with Crippen LogP contribution < -0.4 is 16.6 Å². The van der Waals surface area contributed by atoms with Crippen LogP contribution in [0.25, 0.3) is 0 Å². The molecule has 0 saturated heterocycles. The van der Waals surface area contributed by atoms with Gasteiger partial charge in [0.1, 0.15) is 11.5 Å². The summed E-state index contributed by atoms with van der Waals surface area (Å²) in [5.74, 6) is 3.70. The Labute approximate surface area is 117 Å². The van der Waals surface area contributed by atoms with Gasteiger partial charge in [0.05, 0.1) is 16.3 Å². The Morgan fingerprint density at radius 3 is 2.76 bits per heavy atom. The number of carbonyl (C=O) groups excluding carboxylic acids is 1. The fraction of sp³-hybridized carbons (Fsp3) is 0. The summed E-state index contributed by atoms with van der Waals surface area (Å²) in [5, 5.41) is 12.9. The molecular weight excluding hydrogens is 281 g/mol. The number of nitrogens with zero attached hydrogens (tertiary/aromatic N) is 2. The highest BCUT2D eigenvalue weighted by Crippen LogP contribution is 2.21. The molecule has 2 rings (SSSR count). The van der Waals surface area contributed by atoms with Gasteiger partial charge in [0.25, 0.3) is 11.6 Å². The van der Waals surface area contributed by atoms with Crippen molar-refractivity contribution in [3.63, 3.8) is 0 Å². The Morgan fingerprint density at radius 1 is 1.33 bits per heavy atom. The number of benzene rings is 1. The SMILES string of the molecule is NNc1ccnc(C(=O)Nc2cc([N+](=O)[O-])ccc2F)c1. The number of nitrogens with one attached hydrogen (secondary N) is 2. The summed E-state index contributed by atoms with van der Waals surface area (Å²) in [6, 6.07) is 5.72. The monoisotopic (exact) mass is 291 g/mol. The molecule has 1 aromatic heterocycles. The smallest absolute Gasteiger partial charge is 0.274 e. The van der Waals surface area contributed by atoms with Gasteiger partial charge in [0.2, 0.25) is 0 Å². The Kier molecular flexibility index (Phi) is 4.05. The number of hydrazine groups is 1. The molecular formula is C12H10FN5O3. The van der Waals surface area contributed by atoms with Crippen LogP contribution in [0, 0.1) is 15.9 Å². The molecule has 2 aromatic rings. The number of amides is 1. The Morgan fingerprint density at radius 2 is 2.10 bits per heavy atom. The summed E-state index contributed by atoms with van der Waals surface area (Å²) in [7, 11) is 0. The number of hydrogen-bond donors (Lipinski definition) is 3. The largest absolute Gasteiger partial charge is 0.324 e. The van der Waals surface area contributed by atoms with Crippen LogP contribution in [0.5, 0.6) is 0 Å². The number of nitro benzene ring substituents is 1. The lowest BCUT2D eigenvalue weighted by atomic mass is 10.2. The second-order valence-electron chi connectivity index (χ2n) is 3.95. The Hall–Kier alpha value is -3.07. The van der Waals surface area contributed by atoms with Crippen LogP contribution in [-0.4, -0.2) is 15.8 Å². The summed E-state index contributed by atoms with van der Waals surface area (Å²) in [6.45, 7) is 0. The van der Waals surface area contributed by atoms with Crippen molar-refractivity contribution < 1.29 is 14.1 Å². The summed E-state index contributed by atoms with van der Waals surface area (Å²) in [4.78, 5) is 25.7. The lowest BCUT2D eigenvalue weighted by molar-refractivity contribution is -0.384. The third-order valence-corrected chi connectivity index (χ3v) is 2.57. The van der Waals surface area contributed by atoms with Crippen molar-refractivity contribution in [2.75, 3.05) is 10.7 Å². The fourth-order valence-corrected chi connectivity index (χ4v) is 1.55. The van der Waals surface area contributed by atoms with Crippen LogP contribution in [0.4, 0.5) is 21.5 Å². The predicted molar refractivity (Wildman–Crippen MR) is 73.1 cm³/mol. The minimum Gasteiger partial charge on any atom is -0.324 e. The van der Waals surface area contributed by atoms with E-state index in [0.717, 1.165) is 18.2 Å². The first-order chi connectivity index (χ1) is 10.0. The molecule has 108 valence electrons. The van der Waals surface area contributed by atoms with Crippen molar-refractivity contribution >= 4 is 23.0 Å². The number of anilines is 2. The number of nitrogens with two attached hydrogens (primary N) is 1. The number of rotatable bonds is 4. The molecule has 0 spiro atoms. The number of halogens is 1. The maximum atomic E-state index is 13.6. The highest BCUT2D eigenvalue weighted by molar-refractivity contribution is 6.03. The van der Waals surface area contributed by atoms with Gasteiger partial charge in [-0.3, -0.25) is 25.7 Å². The highest BCUT2D eigenvalue weighted by atomic mass is 19.1. The van der Waals surface area contributed by atoms with Crippen molar-refractivity contribution in [3.05, 3.63) is 58.2 Å². The first-order valence-corrected chi connectivity index (χ1v) is 5.69. The molecule has 0 radical (unpaired) electrons. The van der Waals surface area contributed by atoms with E-state index in [2.05, 4.69) is 15.7 Å². The molecule has 0 aliphatic heterocycles. The van der Waals surface area contributed by atoms with E-state index >= 15 is 0 Å². The average molecular weight is 291 g/mol. The van der Waals surface area contributed by atoms with Crippen molar-refractivity contribution in [3.8, 4) is 0 Å². The molecule has 0 fully saturated rings. The number of carbonyl (C=O) groups is 1. The first kappa shape index (κ1) is 14.3. The van der Waals surface area contributed by atoms with Crippen molar-refractivity contribution in [1.29, 1.82) is 0 Å². The fourth-order valence-electron chi connectivity index (χ4n) is 1.55. The average Bonchev–Trinajstić information content (AvgIpc) is 2.49. The molecule has 21 heavy (non-hydrogen) atoms. The second kappa shape index (κ2) is 5.92. The van der Waals surface area contributed by atoms with Gasteiger partial charge >= 0.3 is 0 Å². The standard InChI is InChI=1S/C12H10FN5O3/c13-9-2-1-8(18(20)21)6-10(9)16-12(19)11-5-7(17-14)3-4-15-11/h1-6H,14H2,(H,15,17)(H,16,19). The summed E-state index contributed by atoms with van der Waals surface area (Å²) < 4.78 is 13.6. The lowest BCUT2D eigenvalue weighted by Gasteiger charge is -2.07. The molecule has 0 aliphatic carbocycles. The molecule has 1 aromatic carbocycles. The van der Waals surface area contributed by atoms with E-state index in [9.17, 15) is 19.3 Å². The minimum atomic E-state index is -0.790. The van der Waals surface area contributed by atoms with Gasteiger partial charge in [-0.1, -0.05) is 0 Å². The zero-order chi connectivity index (χ0) is 15.4. The Balaban J connectivity index is 2.26. The summed E-state index contributed by atoms with van der Waals surface area (Å²) in [6.07, 6.45) is 1.34. The molecule has 4 N–H and O–H groups in total. The topological polar surface area (TPSA) is 123 Å². The zero-order valence-electron chi connectivity index (χ0n) is 10.5. The van der Waals surface area contributed by atoms with Crippen LogP contribution in [0.3, 0.4) is 0 Å². The van der Waals surface area contributed by atoms with Gasteiger partial charge in [0.15, 0.2) is 0 Å². The quantitative estimate of drug-likeness (QED) is 0.447. The van der Waals surface area contributed by atoms with Gasteiger partial charge < -0.3 is 10.7 Å². The van der Waals surface area contributed by atoms with E-state index in [1.54, 1.807) is 0 Å². The van der Waals surface area contributed by atoms with Crippen molar-refractivity contribution in [2.45, 2.75) is 0 Å². The van der Waals surface area contributed by atoms with Gasteiger partial charge in [-0.2, -0.15) is 0 Å². The van der Waals surface area contributed by atoms with E-state index in [4.69, 9.17) is 5.84 Å². The van der Waals surface area contributed by atoms with Crippen LogP contribution >= 0.6 is 0 Å². The molecule has 0 unspecified atom stereocenters. The normalized spacial score (nSPS) is 10.0. The minimum absolute atomic E-state index is 0.0173. The van der Waals surface area contributed by atoms with Crippen LogP contribution in [0.1, 0.15) is 10.5 Å². The molecule has 0 saturated carbocycles. The molecule has 0 bridgehead atoms. The number of pyridine rings is 1. The van der Waals surface area contributed by atoms with Gasteiger partial charge in [-0.05, 0) is 18.2 Å². The van der Waals surface area contributed by atoms with Crippen LogP contribution in [-0.2, 0) is 0 Å². The maximum absolute atomic E-state index is 13.6. The van der Waals surface area contributed by atoms with Crippen LogP contribution in [0.2, 0.25) is 0 Å². The van der Waals surface area contributed by atoms with E-state index in [0.29, 0.717) is 5.69 Å². The van der Waals surface area contributed by atoms with E-state index < -0.39 is 16.6 Å². The number of non-ortho nitro benzene ring substituents is 1. The summed E-state index contributed by atoms with van der Waals surface area (Å²) in [5.41, 5.74) is 2.12. The molecule has 1 heterocycles. The third-order valence-electron chi connectivity index (χ3n) is 2.57. The predicted octanol–water partition coefficient (Wildman–Crippen LogP) is 1.67. The van der Waals surface area contributed by atoms with Gasteiger partial charge in [0, 0.05) is 18.3 Å². The van der Waals surface area contributed by atoms with Crippen molar-refractivity contribution in [1.82, 2.24) is 4.98 Å². The molecule has 0 aliphatic rings. The van der Waals surface area contributed by atoms with Crippen molar-refractivity contribution in [2.24, 2.45) is 5.84 Å². The third kappa shape index (κ3) is 3.28. The maximum Gasteiger partial charge on any atom is 0.274 e. The number of aromatic nitrogens is 1.